The maximum atomic E-state index is 4.18. The van der Waals surface area contributed by atoms with Gasteiger partial charge in [0, 0.05) is 37.7 Å². The van der Waals surface area contributed by atoms with Crippen LogP contribution in [0, 0.1) is 5.92 Å². The highest BCUT2D eigenvalue weighted by Gasteiger charge is 2.00. The van der Waals surface area contributed by atoms with Gasteiger partial charge in [-0.3, -0.25) is 4.68 Å². The molecule has 2 heterocycles. The summed E-state index contributed by atoms with van der Waals surface area (Å²) >= 11 is 0. The fourth-order valence-corrected chi connectivity index (χ4v) is 1.96. The molecule has 0 atom stereocenters. The largest absolute Gasteiger partial charge is 0.349 e. The summed E-state index contributed by atoms with van der Waals surface area (Å²) in [5, 5.41) is 7.63. The van der Waals surface area contributed by atoms with Crippen LogP contribution in [0.3, 0.4) is 0 Å². The second-order valence-electron chi connectivity index (χ2n) is 5.24. The molecule has 98 valence electrons. The SMILES string of the molecule is CC(C)CNCc1ccn(Cc2cnn(C)c2)c1. The third-order valence-electron chi connectivity index (χ3n) is 2.82. The molecule has 2 rings (SSSR count). The van der Waals surface area contributed by atoms with Gasteiger partial charge in [-0.05, 0) is 24.1 Å². The Morgan fingerprint density at radius 3 is 2.78 bits per heavy atom. The third kappa shape index (κ3) is 3.74. The minimum absolute atomic E-state index is 0.697. The molecule has 1 N–H and O–H groups in total. The highest BCUT2D eigenvalue weighted by molar-refractivity contribution is 5.13. The summed E-state index contributed by atoms with van der Waals surface area (Å²) in [5.74, 6) is 0.697. The zero-order chi connectivity index (χ0) is 13.0. The summed E-state index contributed by atoms with van der Waals surface area (Å²) < 4.78 is 4.04. The van der Waals surface area contributed by atoms with Crippen molar-refractivity contribution in [1.82, 2.24) is 19.7 Å². The Morgan fingerprint density at radius 1 is 1.28 bits per heavy atom. The van der Waals surface area contributed by atoms with E-state index in [1.165, 1.54) is 11.1 Å². The van der Waals surface area contributed by atoms with E-state index in [9.17, 15) is 0 Å². The highest BCUT2D eigenvalue weighted by Crippen LogP contribution is 2.05. The molecule has 0 radical (unpaired) electrons. The van der Waals surface area contributed by atoms with Crippen LogP contribution in [0.25, 0.3) is 0 Å². The first-order valence-electron chi connectivity index (χ1n) is 6.46. The molecule has 0 aromatic carbocycles. The molecule has 0 bridgehead atoms. The van der Waals surface area contributed by atoms with Crippen molar-refractivity contribution in [2.75, 3.05) is 6.54 Å². The van der Waals surface area contributed by atoms with E-state index in [2.05, 4.69) is 53.5 Å². The van der Waals surface area contributed by atoms with Crippen LogP contribution in [0.4, 0.5) is 0 Å². The molecular weight excluding hydrogens is 224 g/mol. The zero-order valence-corrected chi connectivity index (χ0v) is 11.4. The van der Waals surface area contributed by atoms with Gasteiger partial charge in [0.15, 0.2) is 0 Å². The third-order valence-corrected chi connectivity index (χ3v) is 2.82. The quantitative estimate of drug-likeness (QED) is 0.846. The van der Waals surface area contributed by atoms with Gasteiger partial charge in [0.05, 0.1) is 12.7 Å². The van der Waals surface area contributed by atoms with E-state index in [4.69, 9.17) is 0 Å². The summed E-state index contributed by atoms with van der Waals surface area (Å²) in [5.41, 5.74) is 2.56. The fraction of sp³-hybridized carbons (Fsp3) is 0.500. The molecule has 0 amide bonds. The van der Waals surface area contributed by atoms with Crippen molar-refractivity contribution in [3.8, 4) is 0 Å². The lowest BCUT2D eigenvalue weighted by atomic mass is 10.2. The number of rotatable bonds is 6. The van der Waals surface area contributed by atoms with Gasteiger partial charge < -0.3 is 9.88 Å². The molecule has 4 heteroatoms. The molecule has 4 nitrogen and oxygen atoms in total. The summed E-state index contributed by atoms with van der Waals surface area (Å²) in [7, 11) is 1.94. The van der Waals surface area contributed by atoms with Gasteiger partial charge >= 0.3 is 0 Å². The van der Waals surface area contributed by atoms with Crippen molar-refractivity contribution < 1.29 is 0 Å². The number of aromatic nitrogens is 3. The van der Waals surface area contributed by atoms with Crippen LogP contribution < -0.4 is 5.32 Å². The summed E-state index contributed by atoms with van der Waals surface area (Å²) in [6.45, 7) is 7.34. The van der Waals surface area contributed by atoms with Crippen molar-refractivity contribution >= 4 is 0 Å². The minimum Gasteiger partial charge on any atom is -0.349 e. The second kappa shape index (κ2) is 5.87. The Morgan fingerprint density at radius 2 is 2.11 bits per heavy atom. The minimum atomic E-state index is 0.697. The molecule has 0 saturated carbocycles. The number of hydrogen-bond donors (Lipinski definition) is 1. The van der Waals surface area contributed by atoms with Crippen LogP contribution in [-0.4, -0.2) is 20.9 Å². The first kappa shape index (κ1) is 12.9. The van der Waals surface area contributed by atoms with E-state index >= 15 is 0 Å². The molecule has 0 saturated heterocycles. The predicted molar refractivity (Wildman–Crippen MR) is 73.3 cm³/mol. The van der Waals surface area contributed by atoms with E-state index in [1.54, 1.807) is 0 Å². The summed E-state index contributed by atoms with van der Waals surface area (Å²) in [4.78, 5) is 0. The molecule has 0 unspecified atom stereocenters. The molecular formula is C14H22N4. The predicted octanol–water partition coefficient (Wildman–Crippen LogP) is 2.02. The Balaban J connectivity index is 1.86. The van der Waals surface area contributed by atoms with Crippen LogP contribution >= 0.6 is 0 Å². The van der Waals surface area contributed by atoms with E-state index in [1.807, 2.05) is 17.9 Å². The van der Waals surface area contributed by atoms with Crippen molar-refractivity contribution in [3.63, 3.8) is 0 Å². The Hall–Kier alpha value is -1.55. The van der Waals surface area contributed by atoms with Gasteiger partial charge in [-0.2, -0.15) is 5.10 Å². The Bertz CT molecular complexity index is 481. The van der Waals surface area contributed by atoms with Crippen LogP contribution in [0.2, 0.25) is 0 Å². The molecule has 18 heavy (non-hydrogen) atoms. The Kier molecular flexibility index (Phi) is 4.20. The number of aryl methyl sites for hydroxylation is 1. The molecule has 0 aliphatic carbocycles. The number of hydrogen-bond acceptors (Lipinski definition) is 2. The van der Waals surface area contributed by atoms with E-state index in [-0.39, 0.29) is 0 Å². The molecule has 0 aliphatic heterocycles. The average Bonchev–Trinajstić information content (AvgIpc) is 2.89. The molecule has 2 aromatic rings. The first-order chi connectivity index (χ1) is 8.63. The van der Waals surface area contributed by atoms with Gasteiger partial charge in [0.2, 0.25) is 0 Å². The topological polar surface area (TPSA) is 34.8 Å². The van der Waals surface area contributed by atoms with Gasteiger partial charge in [-0.15, -0.1) is 0 Å². The fourth-order valence-electron chi connectivity index (χ4n) is 1.96. The number of nitrogens with zero attached hydrogens (tertiary/aromatic N) is 3. The number of nitrogens with one attached hydrogen (secondary N) is 1. The highest BCUT2D eigenvalue weighted by atomic mass is 15.2. The lowest BCUT2D eigenvalue weighted by molar-refractivity contribution is 0.552. The molecule has 2 aromatic heterocycles. The average molecular weight is 246 g/mol. The maximum Gasteiger partial charge on any atom is 0.0539 e. The van der Waals surface area contributed by atoms with E-state index in [0.29, 0.717) is 5.92 Å². The van der Waals surface area contributed by atoms with Crippen LogP contribution in [-0.2, 0) is 20.1 Å². The zero-order valence-electron chi connectivity index (χ0n) is 11.4. The van der Waals surface area contributed by atoms with Gasteiger partial charge in [-0.1, -0.05) is 13.8 Å². The Labute approximate surface area is 109 Å². The van der Waals surface area contributed by atoms with Crippen molar-refractivity contribution in [1.29, 1.82) is 0 Å². The maximum absolute atomic E-state index is 4.18. The molecule has 0 aliphatic rings. The van der Waals surface area contributed by atoms with Gasteiger partial charge in [-0.25, -0.2) is 0 Å². The van der Waals surface area contributed by atoms with Crippen molar-refractivity contribution in [2.45, 2.75) is 26.9 Å². The van der Waals surface area contributed by atoms with Gasteiger partial charge in [0.1, 0.15) is 0 Å². The monoisotopic (exact) mass is 246 g/mol. The second-order valence-corrected chi connectivity index (χ2v) is 5.24. The summed E-state index contributed by atoms with van der Waals surface area (Å²) in [6.07, 6.45) is 8.28. The summed E-state index contributed by atoms with van der Waals surface area (Å²) in [6, 6.07) is 2.17. The van der Waals surface area contributed by atoms with Crippen molar-refractivity contribution in [3.05, 3.63) is 42.0 Å². The van der Waals surface area contributed by atoms with Crippen LogP contribution in [0.1, 0.15) is 25.0 Å². The van der Waals surface area contributed by atoms with Crippen molar-refractivity contribution in [2.24, 2.45) is 13.0 Å². The molecule has 0 fully saturated rings. The lowest BCUT2D eigenvalue weighted by Gasteiger charge is -2.05. The van der Waals surface area contributed by atoms with E-state index < -0.39 is 0 Å². The van der Waals surface area contributed by atoms with Gasteiger partial charge in [0.25, 0.3) is 0 Å². The lowest BCUT2D eigenvalue weighted by Crippen LogP contribution is -2.18. The standard InChI is InChI=1S/C14H22N4/c1-12(2)6-15-7-13-4-5-18(10-13)11-14-8-16-17(3)9-14/h4-5,8-10,12,15H,6-7,11H2,1-3H3. The normalized spacial score (nSPS) is 11.3. The molecule has 0 spiro atoms. The van der Waals surface area contributed by atoms with E-state index in [0.717, 1.165) is 19.6 Å². The smallest absolute Gasteiger partial charge is 0.0539 e. The first-order valence-corrected chi connectivity index (χ1v) is 6.46. The van der Waals surface area contributed by atoms with Crippen LogP contribution in [0.5, 0.6) is 0 Å². The van der Waals surface area contributed by atoms with Crippen LogP contribution in [0.15, 0.2) is 30.9 Å².